The lowest BCUT2D eigenvalue weighted by atomic mass is 10.1. The average molecular weight is 288 g/mol. The third kappa shape index (κ3) is 5.74. The topological polar surface area (TPSA) is 54.0 Å². The molecule has 19 heavy (non-hydrogen) atoms. The van der Waals surface area contributed by atoms with Crippen LogP contribution in [0.1, 0.15) is 18.9 Å². The first-order valence-corrected chi connectivity index (χ1v) is 7.67. The molecule has 0 saturated carbocycles. The normalized spacial score (nSPS) is 11.5. The summed E-state index contributed by atoms with van der Waals surface area (Å²) in [4.78, 5) is 0. The van der Waals surface area contributed by atoms with Gasteiger partial charge in [-0.1, -0.05) is 12.1 Å². The van der Waals surface area contributed by atoms with Gasteiger partial charge in [0.25, 0.3) is 0 Å². The lowest BCUT2D eigenvalue weighted by Gasteiger charge is -2.13. The van der Waals surface area contributed by atoms with E-state index < -0.39 is 7.82 Å². The van der Waals surface area contributed by atoms with E-state index in [0.29, 0.717) is 13.2 Å². The number of benzene rings is 1. The van der Waals surface area contributed by atoms with Gasteiger partial charge in [-0.25, -0.2) is 4.57 Å². The molecule has 0 amide bonds. The Kier molecular flexibility index (Phi) is 7.10. The Morgan fingerprint density at radius 1 is 1.11 bits per heavy atom. The Morgan fingerprint density at radius 3 is 2.26 bits per heavy atom. The first kappa shape index (κ1) is 16.2. The number of rotatable bonds is 9. The molecule has 0 saturated heterocycles. The summed E-state index contributed by atoms with van der Waals surface area (Å²) in [6.07, 6.45) is 1.57. The van der Waals surface area contributed by atoms with Gasteiger partial charge in [-0.15, -0.1) is 0 Å². The van der Waals surface area contributed by atoms with Crippen molar-refractivity contribution in [1.29, 1.82) is 0 Å². The molecule has 108 valence electrons. The summed E-state index contributed by atoms with van der Waals surface area (Å²) in [6, 6.07) is 7.90. The van der Waals surface area contributed by atoms with Gasteiger partial charge < -0.3 is 4.74 Å². The molecule has 1 aromatic carbocycles. The molecule has 0 bridgehead atoms. The Bertz CT molecular complexity index is 396. The fourth-order valence-corrected chi connectivity index (χ4v) is 2.26. The summed E-state index contributed by atoms with van der Waals surface area (Å²) in [5, 5.41) is 0. The van der Waals surface area contributed by atoms with E-state index in [-0.39, 0.29) is 0 Å². The van der Waals surface area contributed by atoms with E-state index in [1.165, 1.54) is 19.8 Å². The van der Waals surface area contributed by atoms with Crippen LogP contribution in [0.3, 0.4) is 0 Å². The van der Waals surface area contributed by atoms with Crippen LogP contribution in [0, 0.1) is 0 Å². The van der Waals surface area contributed by atoms with Gasteiger partial charge in [-0.2, -0.15) is 0 Å². The highest BCUT2D eigenvalue weighted by atomic mass is 31.2. The van der Waals surface area contributed by atoms with Crippen molar-refractivity contribution in [2.75, 3.05) is 27.4 Å². The SMILES string of the molecule is CCOc1ccc(CCCOP(=O)(OC)OC)cc1. The second kappa shape index (κ2) is 8.33. The second-order valence-electron chi connectivity index (χ2n) is 3.83. The molecule has 0 aliphatic heterocycles. The zero-order chi connectivity index (χ0) is 14.1. The van der Waals surface area contributed by atoms with Crippen molar-refractivity contribution in [3.8, 4) is 5.75 Å². The Hall–Kier alpha value is -0.870. The van der Waals surface area contributed by atoms with Crippen molar-refractivity contribution in [2.45, 2.75) is 19.8 Å². The standard InChI is InChI=1S/C13H21O5P/c1-4-17-13-9-7-12(8-10-13)6-5-11-18-19(14,15-2)16-3/h7-10H,4-6,11H2,1-3H3. The Labute approximate surface area is 114 Å². The van der Waals surface area contributed by atoms with Crippen LogP contribution in [0.15, 0.2) is 24.3 Å². The molecule has 0 unspecified atom stereocenters. The van der Waals surface area contributed by atoms with Crippen LogP contribution in [-0.4, -0.2) is 27.4 Å². The highest BCUT2D eigenvalue weighted by Crippen LogP contribution is 2.47. The van der Waals surface area contributed by atoms with Crippen LogP contribution in [0.5, 0.6) is 5.75 Å². The van der Waals surface area contributed by atoms with Gasteiger partial charge in [0.15, 0.2) is 0 Å². The summed E-state index contributed by atoms with van der Waals surface area (Å²) >= 11 is 0. The minimum Gasteiger partial charge on any atom is -0.494 e. The van der Waals surface area contributed by atoms with Crippen LogP contribution in [-0.2, 0) is 24.6 Å². The maximum atomic E-state index is 11.6. The molecule has 5 nitrogen and oxygen atoms in total. The van der Waals surface area contributed by atoms with Gasteiger partial charge in [0.2, 0.25) is 0 Å². The lowest BCUT2D eigenvalue weighted by Crippen LogP contribution is -1.99. The smallest absolute Gasteiger partial charge is 0.474 e. The summed E-state index contributed by atoms with van der Waals surface area (Å²) in [5.74, 6) is 0.866. The molecular formula is C13H21O5P. The Balaban J connectivity index is 2.31. The van der Waals surface area contributed by atoms with Crippen molar-refractivity contribution in [1.82, 2.24) is 0 Å². The summed E-state index contributed by atoms with van der Waals surface area (Å²) in [6.45, 7) is 2.94. The van der Waals surface area contributed by atoms with Gasteiger partial charge in [-0.3, -0.25) is 13.6 Å². The summed E-state index contributed by atoms with van der Waals surface area (Å²) in [5.41, 5.74) is 1.18. The van der Waals surface area contributed by atoms with Crippen LogP contribution in [0.2, 0.25) is 0 Å². The van der Waals surface area contributed by atoms with Gasteiger partial charge in [0, 0.05) is 14.2 Å². The second-order valence-corrected chi connectivity index (χ2v) is 5.71. The van der Waals surface area contributed by atoms with Crippen LogP contribution in [0.25, 0.3) is 0 Å². The number of phosphoric ester groups is 1. The maximum absolute atomic E-state index is 11.6. The molecule has 0 aliphatic carbocycles. The molecular weight excluding hydrogens is 267 g/mol. The largest absolute Gasteiger partial charge is 0.494 e. The van der Waals surface area contributed by atoms with E-state index in [2.05, 4.69) is 9.05 Å². The lowest BCUT2D eigenvalue weighted by molar-refractivity contribution is 0.151. The Morgan fingerprint density at radius 2 is 1.74 bits per heavy atom. The molecule has 0 aromatic heterocycles. The number of hydrogen-bond acceptors (Lipinski definition) is 5. The van der Waals surface area contributed by atoms with Crippen LogP contribution < -0.4 is 4.74 Å². The van der Waals surface area contributed by atoms with Crippen molar-refractivity contribution in [2.24, 2.45) is 0 Å². The van der Waals surface area contributed by atoms with E-state index in [0.717, 1.165) is 18.6 Å². The van der Waals surface area contributed by atoms with Crippen LogP contribution in [0.4, 0.5) is 0 Å². The quantitative estimate of drug-likeness (QED) is 0.514. The zero-order valence-electron chi connectivity index (χ0n) is 11.6. The molecule has 0 fully saturated rings. The number of ether oxygens (including phenoxy) is 1. The van der Waals surface area contributed by atoms with Gasteiger partial charge in [0.05, 0.1) is 13.2 Å². The number of aryl methyl sites for hydroxylation is 1. The van der Waals surface area contributed by atoms with E-state index in [1.54, 1.807) is 0 Å². The first-order valence-electron chi connectivity index (χ1n) is 6.21. The van der Waals surface area contributed by atoms with E-state index in [9.17, 15) is 4.57 Å². The predicted molar refractivity (Wildman–Crippen MR) is 73.5 cm³/mol. The maximum Gasteiger partial charge on any atom is 0.474 e. The third-order valence-electron chi connectivity index (χ3n) is 2.54. The van der Waals surface area contributed by atoms with E-state index >= 15 is 0 Å². The highest BCUT2D eigenvalue weighted by molar-refractivity contribution is 7.48. The molecule has 0 radical (unpaired) electrons. The van der Waals surface area contributed by atoms with Crippen molar-refractivity contribution in [3.05, 3.63) is 29.8 Å². The molecule has 0 N–H and O–H groups in total. The van der Waals surface area contributed by atoms with Gasteiger partial charge in [-0.05, 0) is 37.5 Å². The fraction of sp³-hybridized carbons (Fsp3) is 0.538. The number of hydrogen-bond donors (Lipinski definition) is 0. The summed E-state index contributed by atoms with van der Waals surface area (Å²) in [7, 11) is -0.735. The van der Waals surface area contributed by atoms with Crippen molar-refractivity contribution in [3.63, 3.8) is 0 Å². The molecule has 0 aliphatic rings. The molecule has 6 heteroatoms. The fourth-order valence-electron chi connectivity index (χ4n) is 1.55. The first-order chi connectivity index (χ1) is 9.13. The van der Waals surface area contributed by atoms with Gasteiger partial charge in [0.1, 0.15) is 5.75 Å². The van der Waals surface area contributed by atoms with Crippen LogP contribution >= 0.6 is 7.82 Å². The van der Waals surface area contributed by atoms with Crippen molar-refractivity contribution < 1.29 is 22.9 Å². The monoisotopic (exact) mass is 288 g/mol. The summed E-state index contributed by atoms with van der Waals surface area (Å²) < 4.78 is 31.4. The average Bonchev–Trinajstić information content (AvgIpc) is 2.45. The molecule has 1 aromatic rings. The molecule has 0 heterocycles. The van der Waals surface area contributed by atoms with E-state index in [4.69, 9.17) is 9.26 Å². The minimum absolute atomic E-state index is 0.326. The molecule has 1 rings (SSSR count). The highest BCUT2D eigenvalue weighted by Gasteiger charge is 2.21. The number of phosphoric acid groups is 1. The third-order valence-corrected chi connectivity index (χ3v) is 3.93. The van der Waals surface area contributed by atoms with Gasteiger partial charge >= 0.3 is 7.82 Å². The predicted octanol–water partition coefficient (Wildman–Crippen LogP) is 3.44. The molecule has 0 atom stereocenters. The minimum atomic E-state index is -3.34. The molecule has 0 spiro atoms. The van der Waals surface area contributed by atoms with E-state index in [1.807, 2.05) is 31.2 Å². The van der Waals surface area contributed by atoms with Crippen molar-refractivity contribution >= 4 is 7.82 Å². The zero-order valence-corrected chi connectivity index (χ0v) is 12.5.